The summed E-state index contributed by atoms with van der Waals surface area (Å²) in [6.07, 6.45) is 2.37. The highest BCUT2D eigenvalue weighted by Gasteiger charge is 2.21. The minimum atomic E-state index is -4.67. The third kappa shape index (κ3) is 33.1. The van der Waals surface area contributed by atoms with Gasteiger partial charge in [-0.1, -0.05) is 40.9 Å². The predicted molar refractivity (Wildman–Crippen MR) is 121 cm³/mol. The fraction of sp³-hybridized carbons (Fsp3) is 0.700. The van der Waals surface area contributed by atoms with Gasteiger partial charge in [0.05, 0.1) is 13.2 Å². The van der Waals surface area contributed by atoms with Gasteiger partial charge in [0.1, 0.15) is 0 Å². The molecule has 31 heavy (non-hydrogen) atoms. The van der Waals surface area contributed by atoms with Crippen LogP contribution in [0.3, 0.4) is 0 Å². The van der Waals surface area contributed by atoms with E-state index in [1.165, 1.54) is 12.2 Å². The number of ether oxygens (including phenoxy) is 2. The average Bonchev–Trinajstić information content (AvgIpc) is 2.54. The van der Waals surface area contributed by atoms with Crippen molar-refractivity contribution in [3.63, 3.8) is 0 Å². The van der Waals surface area contributed by atoms with Crippen molar-refractivity contribution < 1.29 is 36.6 Å². The predicted octanol–water partition coefficient (Wildman–Crippen LogP) is 1.95. The maximum Gasteiger partial charge on any atom is 0.394 e. The first-order valence-corrected chi connectivity index (χ1v) is 10.7. The molecule has 0 fully saturated rings. The van der Waals surface area contributed by atoms with Gasteiger partial charge in [-0.2, -0.15) is 8.42 Å². The van der Waals surface area contributed by atoms with Crippen molar-refractivity contribution in [2.45, 2.75) is 27.7 Å². The molecule has 0 rings (SSSR count). The van der Waals surface area contributed by atoms with Crippen molar-refractivity contribution >= 4 is 22.3 Å². The van der Waals surface area contributed by atoms with Crippen LogP contribution in [0.2, 0.25) is 0 Å². The van der Waals surface area contributed by atoms with Gasteiger partial charge < -0.3 is 19.3 Å². The average molecular weight is 469 g/mol. The summed E-state index contributed by atoms with van der Waals surface area (Å²) in [4.78, 5) is 25.7. The topological polar surface area (TPSA) is 134 Å². The van der Waals surface area contributed by atoms with Crippen LogP contribution < -0.4 is 0 Å². The van der Waals surface area contributed by atoms with Crippen molar-refractivity contribution in [2.24, 2.45) is 10.8 Å². The monoisotopic (exact) mass is 468 g/mol. The summed E-state index contributed by atoms with van der Waals surface area (Å²) in [5.74, 6) is -0.710. The maximum atomic E-state index is 10.8. The summed E-state index contributed by atoms with van der Waals surface area (Å²) < 4.78 is 41.5. The molecule has 11 heteroatoms. The van der Waals surface area contributed by atoms with Crippen molar-refractivity contribution in [1.29, 1.82) is 0 Å². The van der Waals surface area contributed by atoms with Gasteiger partial charge >= 0.3 is 22.3 Å². The lowest BCUT2D eigenvalue weighted by Gasteiger charge is -2.27. The largest absolute Gasteiger partial charge is 0.462 e. The Bertz CT molecular complexity index is 606. The fourth-order valence-corrected chi connectivity index (χ4v) is 2.45. The molecular weight excluding hydrogens is 428 g/mol. The molecule has 0 aliphatic rings. The van der Waals surface area contributed by atoms with Gasteiger partial charge in [-0.05, 0) is 28.2 Å². The van der Waals surface area contributed by atoms with Gasteiger partial charge in [0.2, 0.25) is 0 Å². The second-order valence-electron chi connectivity index (χ2n) is 8.88. The zero-order chi connectivity index (χ0) is 25.5. The van der Waals surface area contributed by atoms with E-state index in [1.54, 1.807) is 0 Å². The molecule has 0 bridgehead atoms. The van der Waals surface area contributed by atoms with Crippen LogP contribution in [0, 0.1) is 10.8 Å². The lowest BCUT2D eigenvalue weighted by molar-refractivity contribution is -0.141. The molecule has 0 aromatic carbocycles. The van der Waals surface area contributed by atoms with Gasteiger partial charge in [0.25, 0.3) is 0 Å². The molecule has 0 heterocycles. The van der Waals surface area contributed by atoms with E-state index in [0.29, 0.717) is 13.2 Å². The molecular formula is C20H40N2O8S. The molecule has 2 N–H and O–H groups in total. The third-order valence-corrected chi connectivity index (χ3v) is 3.03. The minimum Gasteiger partial charge on any atom is -0.462 e. The van der Waals surface area contributed by atoms with Gasteiger partial charge in [-0.25, -0.2) is 9.59 Å². The minimum absolute atomic E-state index is 0.0117. The van der Waals surface area contributed by atoms with Gasteiger partial charge in [0.15, 0.2) is 0 Å². The van der Waals surface area contributed by atoms with E-state index in [0.717, 1.165) is 13.1 Å². The highest BCUT2D eigenvalue weighted by molar-refractivity contribution is 7.79. The van der Waals surface area contributed by atoms with E-state index in [-0.39, 0.29) is 22.8 Å². The number of esters is 2. The highest BCUT2D eigenvalue weighted by atomic mass is 32.3. The van der Waals surface area contributed by atoms with E-state index in [4.69, 9.17) is 27.0 Å². The molecule has 0 aromatic heterocycles. The van der Waals surface area contributed by atoms with Crippen LogP contribution in [0.25, 0.3) is 0 Å². The zero-order valence-electron chi connectivity index (χ0n) is 20.0. The van der Waals surface area contributed by atoms with E-state index in [1.807, 2.05) is 28.2 Å². The fourth-order valence-electron chi connectivity index (χ4n) is 2.45. The normalized spacial score (nSPS) is 11.5. The summed E-state index contributed by atoms with van der Waals surface area (Å²) in [5.41, 5.74) is -0.0235. The molecule has 0 saturated carbocycles. The van der Waals surface area contributed by atoms with Crippen LogP contribution >= 0.6 is 0 Å². The van der Waals surface area contributed by atoms with Gasteiger partial charge in [-0.3, -0.25) is 9.11 Å². The van der Waals surface area contributed by atoms with E-state index < -0.39 is 10.4 Å². The lowest BCUT2D eigenvalue weighted by Crippen LogP contribution is -2.33. The van der Waals surface area contributed by atoms with Crippen molar-refractivity contribution in [2.75, 3.05) is 54.5 Å². The summed E-state index contributed by atoms with van der Waals surface area (Å²) in [5, 5.41) is 0. The van der Waals surface area contributed by atoms with Crippen LogP contribution in [0.15, 0.2) is 25.3 Å². The maximum absolute atomic E-state index is 10.8. The van der Waals surface area contributed by atoms with Gasteiger partial charge in [0, 0.05) is 36.1 Å². The Kier molecular flexibility index (Phi) is 17.4. The Balaban J connectivity index is -0.000000416. The Morgan fingerprint density at radius 1 is 0.806 bits per heavy atom. The molecule has 0 aliphatic carbocycles. The van der Waals surface area contributed by atoms with E-state index in [2.05, 4.69) is 50.7 Å². The Labute approximate surface area is 187 Å². The quantitative estimate of drug-likeness (QED) is 0.278. The molecule has 0 unspecified atom stereocenters. The number of carbonyl (C=O) groups is 2. The van der Waals surface area contributed by atoms with Crippen LogP contribution in [0.1, 0.15) is 27.7 Å². The molecule has 0 radical (unpaired) electrons. The number of rotatable bonds is 10. The smallest absolute Gasteiger partial charge is 0.394 e. The van der Waals surface area contributed by atoms with Crippen molar-refractivity contribution in [1.82, 2.24) is 9.80 Å². The molecule has 0 amide bonds. The first kappa shape index (κ1) is 33.8. The summed E-state index contributed by atoms with van der Waals surface area (Å²) in [7, 11) is 3.32. The van der Waals surface area contributed by atoms with Crippen LogP contribution in [0.5, 0.6) is 0 Å². The van der Waals surface area contributed by atoms with E-state index in [9.17, 15) is 9.59 Å². The van der Waals surface area contributed by atoms with Crippen LogP contribution in [-0.4, -0.2) is 93.8 Å². The Hall–Kier alpha value is -1.79. The molecule has 0 aromatic rings. The molecule has 0 atom stereocenters. The van der Waals surface area contributed by atoms with Gasteiger partial charge in [-0.15, -0.1) is 0 Å². The second kappa shape index (κ2) is 15.9. The molecule has 0 saturated heterocycles. The first-order valence-electron chi connectivity index (χ1n) is 9.32. The number of hydrogen-bond donors (Lipinski definition) is 2. The molecule has 184 valence electrons. The summed E-state index contributed by atoms with van der Waals surface area (Å²) in [6, 6.07) is 0. The Morgan fingerprint density at radius 3 is 1.19 bits per heavy atom. The number of hydrogen-bond acceptors (Lipinski definition) is 8. The number of nitrogens with zero attached hydrogens (tertiary/aromatic N) is 2. The molecule has 10 nitrogen and oxygen atoms in total. The van der Waals surface area contributed by atoms with E-state index >= 15 is 0 Å². The SMILES string of the molecule is C=CC(=O)OCC(C)(C)CN(C)C.C=CC(=O)OCC(C)(C)CN(C)C.O=S(=O)(O)O. The Morgan fingerprint density at radius 2 is 1.03 bits per heavy atom. The standard InChI is InChI=1S/2C10H19NO2.H2O4S/c2*1-6-9(12)13-8-10(2,3)7-11(4)5;1-5(2,3)4/h2*6H,1,7-8H2,2-5H3;(H2,1,2,3,4). The van der Waals surface area contributed by atoms with Crippen molar-refractivity contribution in [3.05, 3.63) is 25.3 Å². The highest BCUT2D eigenvalue weighted by Crippen LogP contribution is 2.16. The molecule has 0 spiro atoms. The first-order chi connectivity index (χ1) is 13.7. The summed E-state index contributed by atoms with van der Waals surface area (Å²) >= 11 is 0. The summed E-state index contributed by atoms with van der Waals surface area (Å²) in [6.45, 7) is 17.5. The number of carbonyl (C=O) groups excluding carboxylic acids is 2. The second-order valence-corrected chi connectivity index (χ2v) is 9.77. The van der Waals surface area contributed by atoms with Crippen molar-refractivity contribution in [3.8, 4) is 0 Å². The van der Waals surface area contributed by atoms with Crippen LogP contribution in [-0.2, 0) is 29.5 Å². The lowest BCUT2D eigenvalue weighted by atomic mass is 9.94. The van der Waals surface area contributed by atoms with Crippen LogP contribution in [0.4, 0.5) is 0 Å². The third-order valence-electron chi connectivity index (χ3n) is 3.03. The molecule has 0 aliphatic heterocycles. The zero-order valence-corrected chi connectivity index (χ0v) is 20.9.